The summed E-state index contributed by atoms with van der Waals surface area (Å²) < 4.78 is 0. The number of rotatable bonds is 3. The smallest absolute Gasteiger partial charge is 0.240 e. The van der Waals surface area contributed by atoms with Gasteiger partial charge in [0.2, 0.25) is 5.91 Å². The van der Waals surface area contributed by atoms with Crippen molar-refractivity contribution >= 4 is 5.91 Å². The number of carbonyl (C=O) groups excluding carboxylic acids is 1. The van der Waals surface area contributed by atoms with Crippen LogP contribution in [0.3, 0.4) is 0 Å². The van der Waals surface area contributed by atoms with E-state index in [0.29, 0.717) is 18.0 Å². The maximum absolute atomic E-state index is 12.6. The third-order valence-corrected chi connectivity index (χ3v) is 6.01. The Labute approximate surface area is 121 Å². The Balaban J connectivity index is 1.41. The second-order valence-corrected chi connectivity index (χ2v) is 7.34. The first-order valence-electron chi connectivity index (χ1n) is 8.51. The molecule has 3 heterocycles. The van der Waals surface area contributed by atoms with Crippen LogP contribution in [0.15, 0.2) is 0 Å². The van der Waals surface area contributed by atoms with Gasteiger partial charge in [0.1, 0.15) is 0 Å². The van der Waals surface area contributed by atoms with Gasteiger partial charge in [-0.05, 0) is 52.0 Å². The standard InChI is InChI=1S/C16H27N3O/c1-18-12-3-2-4-13(18)10-14(9-12)19-8-7-15(16(19)20)17-11-5-6-11/h11-15,17H,2-10H2,1H3. The molecule has 112 valence electrons. The molecule has 0 spiro atoms. The molecule has 0 aromatic rings. The zero-order valence-electron chi connectivity index (χ0n) is 12.6. The number of carbonyl (C=O) groups is 1. The van der Waals surface area contributed by atoms with Gasteiger partial charge in [0.05, 0.1) is 6.04 Å². The lowest BCUT2D eigenvalue weighted by Crippen LogP contribution is -2.56. The van der Waals surface area contributed by atoms with Crippen molar-refractivity contribution in [3.8, 4) is 0 Å². The van der Waals surface area contributed by atoms with Crippen molar-refractivity contribution in [2.45, 2.75) is 81.6 Å². The highest BCUT2D eigenvalue weighted by molar-refractivity contribution is 5.84. The van der Waals surface area contributed by atoms with E-state index in [2.05, 4.69) is 22.2 Å². The van der Waals surface area contributed by atoms with E-state index in [1.54, 1.807) is 0 Å². The van der Waals surface area contributed by atoms with Crippen LogP contribution in [0.5, 0.6) is 0 Å². The number of piperidine rings is 2. The largest absolute Gasteiger partial charge is 0.338 e. The third-order valence-electron chi connectivity index (χ3n) is 6.01. The van der Waals surface area contributed by atoms with Crippen molar-refractivity contribution in [1.29, 1.82) is 0 Å². The van der Waals surface area contributed by atoms with Gasteiger partial charge in [-0.3, -0.25) is 4.79 Å². The minimum atomic E-state index is 0.127. The highest BCUT2D eigenvalue weighted by Crippen LogP contribution is 2.36. The van der Waals surface area contributed by atoms with Crippen LogP contribution in [0.4, 0.5) is 0 Å². The summed E-state index contributed by atoms with van der Waals surface area (Å²) in [5, 5.41) is 3.53. The third kappa shape index (κ3) is 2.27. The molecule has 4 rings (SSSR count). The van der Waals surface area contributed by atoms with E-state index in [1.165, 1.54) is 44.9 Å². The zero-order chi connectivity index (χ0) is 13.7. The maximum Gasteiger partial charge on any atom is 0.240 e. The summed E-state index contributed by atoms with van der Waals surface area (Å²) >= 11 is 0. The Bertz CT molecular complexity index is 381. The van der Waals surface area contributed by atoms with E-state index in [1.807, 2.05) is 0 Å². The average Bonchev–Trinajstić information content (AvgIpc) is 3.15. The van der Waals surface area contributed by atoms with Crippen LogP contribution in [0, 0.1) is 0 Å². The summed E-state index contributed by atoms with van der Waals surface area (Å²) in [5.74, 6) is 0.393. The lowest BCUT2D eigenvalue weighted by Gasteiger charge is -2.49. The Kier molecular flexibility index (Phi) is 3.26. The molecule has 3 aliphatic heterocycles. The number of nitrogens with zero attached hydrogens (tertiary/aromatic N) is 2. The van der Waals surface area contributed by atoms with Crippen LogP contribution in [-0.4, -0.2) is 59.5 Å². The maximum atomic E-state index is 12.6. The van der Waals surface area contributed by atoms with Gasteiger partial charge in [-0.1, -0.05) is 6.42 Å². The van der Waals surface area contributed by atoms with Gasteiger partial charge in [0.15, 0.2) is 0 Å². The Morgan fingerprint density at radius 1 is 1.00 bits per heavy atom. The fourth-order valence-corrected chi connectivity index (χ4v) is 4.60. The van der Waals surface area contributed by atoms with Crippen LogP contribution < -0.4 is 5.32 Å². The second-order valence-electron chi connectivity index (χ2n) is 7.34. The molecule has 0 aromatic heterocycles. The number of hydrogen-bond donors (Lipinski definition) is 1. The number of fused-ring (bicyclic) bond motifs is 2. The van der Waals surface area contributed by atoms with Crippen molar-refractivity contribution in [3.05, 3.63) is 0 Å². The van der Waals surface area contributed by atoms with E-state index in [9.17, 15) is 4.79 Å². The first-order chi connectivity index (χ1) is 9.72. The monoisotopic (exact) mass is 277 g/mol. The lowest BCUT2D eigenvalue weighted by molar-refractivity contribution is -0.133. The number of hydrogen-bond acceptors (Lipinski definition) is 3. The SMILES string of the molecule is CN1C2CCCC1CC(N1CCC(NC3CC3)C1=O)C2. The van der Waals surface area contributed by atoms with Crippen molar-refractivity contribution in [2.75, 3.05) is 13.6 Å². The fraction of sp³-hybridized carbons (Fsp3) is 0.938. The van der Waals surface area contributed by atoms with Crippen LogP contribution in [0.1, 0.15) is 51.4 Å². The van der Waals surface area contributed by atoms with Crippen LogP contribution in [-0.2, 0) is 4.79 Å². The zero-order valence-corrected chi connectivity index (χ0v) is 12.6. The fourth-order valence-electron chi connectivity index (χ4n) is 4.60. The predicted molar refractivity (Wildman–Crippen MR) is 78.5 cm³/mol. The minimum absolute atomic E-state index is 0.127. The molecule has 20 heavy (non-hydrogen) atoms. The van der Waals surface area contributed by atoms with Gasteiger partial charge in [-0.15, -0.1) is 0 Å². The van der Waals surface area contributed by atoms with Gasteiger partial charge < -0.3 is 15.1 Å². The molecule has 3 saturated heterocycles. The topological polar surface area (TPSA) is 35.6 Å². The highest BCUT2D eigenvalue weighted by Gasteiger charge is 2.43. The molecule has 1 saturated carbocycles. The molecule has 1 N–H and O–H groups in total. The number of amides is 1. The second kappa shape index (κ2) is 4.99. The molecule has 1 aliphatic carbocycles. The molecule has 0 radical (unpaired) electrons. The van der Waals surface area contributed by atoms with Crippen LogP contribution in [0.2, 0.25) is 0 Å². The molecule has 3 unspecified atom stereocenters. The van der Waals surface area contributed by atoms with Gasteiger partial charge in [-0.25, -0.2) is 0 Å². The van der Waals surface area contributed by atoms with E-state index >= 15 is 0 Å². The Morgan fingerprint density at radius 3 is 2.35 bits per heavy atom. The summed E-state index contributed by atoms with van der Waals surface area (Å²) in [5.41, 5.74) is 0. The van der Waals surface area contributed by atoms with E-state index < -0.39 is 0 Å². The van der Waals surface area contributed by atoms with Crippen molar-refractivity contribution in [1.82, 2.24) is 15.1 Å². The quantitative estimate of drug-likeness (QED) is 0.846. The van der Waals surface area contributed by atoms with Gasteiger partial charge >= 0.3 is 0 Å². The van der Waals surface area contributed by atoms with Crippen molar-refractivity contribution in [3.63, 3.8) is 0 Å². The summed E-state index contributed by atoms with van der Waals surface area (Å²) in [6, 6.07) is 2.72. The summed E-state index contributed by atoms with van der Waals surface area (Å²) in [6.07, 6.45) is 10.0. The van der Waals surface area contributed by atoms with Gasteiger partial charge in [0.25, 0.3) is 0 Å². The van der Waals surface area contributed by atoms with E-state index in [0.717, 1.165) is 25.0 Å². The van der Waals surface area contributed by atoms with Gasteiger partial charge in [-0.2, -0.15) is 0 Å². The number of likely N-dealkylation sites (tertiary alicyclic amines) is 1. The first kappa shape index (κ1) is 13.1. The summed E-state index contributed by atoms with van der Waals surface area (Å²) in [7, 11) is 2.29. The normalized spacial score (nSPS) is 42.2. The molecule has 4 aliphatic rings. The molecular weight excluding hydrogens is 250 g/mol. The molecule has 1 amide bonds. The Hall–Kier alpha value is -0.610. The number of nitrogens with one attached hydrogen (secondary N) is 1. The van der Waals surface area contributed by atoms with Crippen molar-refractivity contribution in [2.24, 2.45) is 0 Å². The lowest BCUT2D eigenvalue weighted by atomic mass is 9.82. The molecule has 4 fully saturated rings. The highest BCUT2D eigenvalue weighted by atomic mass is 16.2. The Morgan fingerprint density at radius 2 is 1.70 bits per heavy atom. The molecule has 2 bridgehead atoms. The molecule has 0 aromatic carbocycles. The predicted octanol–water partition coefficient (Wildman–Crippen LogP) is 1.35. The van der Waals surface area contributed by atoms with Crippen molar-refractivity contribution < 1.29 is 4.79 Å². The molecule has 4 nitrogen and oxygen atoms in total. The van der Waals surface area contributed by atoms with Gasteiger partial charge in [0, 0.05) is 30.7 Å². The summed E-state index contributed by atoms with van der Waals surface area (Å²) in [6.45, 7) is 0.983. The molecular formula is C16H27N3O. The van der Waals surface area contributed by atoms with E-state index in [4.69, 9.17) is 0 Å². The summed E-state index contributed by atoms with van der Waals surface area (Å²) in [4.78, 5) is 17.4. The first-order valence-corrected chi connectivity index (χ1v) is 8.51. The van der Waals surface area contributed by atoms with Crippen LogP contribution >= 0.6 is 0 Å². The van der Waals surface area contributed by atoms with E-state index in [-0.39, 0.29) is 6.04 Å². The molecule has 3 atom stereocenters. The molecule has 4 heteroatoms. The minimum Gasteiger partial charge on any atom is -0.338 e. The van der Waals surface area contributed by atoms with Crippen LogP contribution in [0.25, 0.3) is 0 Å². The average molecular weight is 277 g/mol.